The summed E-state index contributed by atoms with van der Waals surface area (Å²) in [5.74, 6) is -2.26. The first-order valence-electron chi connectivity index (χ1n) is 8.44. The maximum absolute atomic E-state index is 12.4. The average Bonchev–Trinajstić information content (AvgIpc) is 3.15. The third kappa shape index (κ3) is 3.26. The van der Waals surface area contributed by atoms with E-state index in [9.17, 15) is 19.2 Å². The van der Waals surface area contributed by atoms with Crippen LogP contribution in [0, 0.1) is 13.8 Å². The van der Waals surface area contributed by atoms with Gasteiger partial charge in [-0.3, -0.25) is 19.3 Å². The quantitative estimate of drug-likeness (QED) is 0.669. The number of anilines is 1. The van der Waals surface area contributed by atoms with Crippen molar-refractivity contribution in [2.45, 2.75) is 45.6 Å². The molecule has 0 radical (unpaired) electrons. The lowest BCUT2D eigenvalue weighted by atomic mass is 10.1. The molecule has 1 aromatic rings. The van der Waals surface area contributed by atoms with E-state index in [1.807, 2.05) is 26.0 Å². The molecule has 1 N–H and O–H groups in total. The number of urea groups is 1. The van der Waals surface area contributed by atoms with Gasteiger partial charge in [-0.2, -0.15) is 0 Å². The van der Waals surface area contributed by atoms with E-state index in [4.69, 9.17) is 0 Å². The van der Waals surface area contributed by atoms with Gasteiger partial charge in [-0.05, 0) is 49.9 Å². The lowest BCUT2D eigenvalue weighted by Crippen LogP contribution is -2.41. The van der Waals surface area contributed by atoms with Gasteiger partial charge in [0.2, 0.25) is 5.91 Å². The fourth-order valence-electron chi connectivity index (χ4n) is 3.31. The Balaban J connectivity index is 1.68. The SMILES string of the molecule is Cc1ccc(NC(=O)CN2C(=O)C(=O)N(C3CCCC3)C2=O)cc1C. The smallest absolute Gasteiger partial charge is 0.325 e. The number of amides is 5. The second kappa shape index (κ2) is 6.66. The molecule has 7 nitrogen and oxygen atoms in total. The van der Waals surface area contributed by atoms with Gasteiger partial charge in [-0.15, -0.1) is 0 Å². The summed E-state index contributed by atoms with van der Waals surface area (Å²) in [5, 5.41) is 2.66. The molecule has 1 saturated heterocycles. The number of nitrogens with one attached hydrogen (secondary N) is 1. The minimum absolute atomic E-state index is 0.225. The molecule has 2 aliphatic rings. The van der Waals surface area contributed by atoms with E-state index in [2.05, 4.69) is 5.32 Å². The van der Waals surface area contributed by atoms with Gasteiger partial charge >= 0.3 is 17.8 Å². The van der Waals surface area contributed by atoms with E-state index >= 15 is 0 Å². The topological polar surface area (TPSA) is 86.8 Å². The molecule has 25 heavy (non-hydrogen) atoms. The summed E-state index contributed by atoms with van der Waals surface area (Å²) in [5.41, 5.74) is 2.71. The number of carbonyl (C=O) groups is 4. The van der Waals surface area contributed by atoms with Crippen LogP contribution in [0.4, 0.5) is 10.5 Å². The second-order valence-corrected chi connectivity index (χ2v) is 6.63. The van der Waals surface area contributed by atoms with Crippen LogP contribution < -0.4 is 5.32 Å². The Bertz CT molecular complexity index is 753. The maximum Gasteiger partial charge on any atom is 0.334 e. The van der Waals surface area contributed by atoms with Crippen LogP contribution in [0.5, 0.6) is 0 Å². The van der Waals surface area contributed by atoms with Crippen molar-refractivity contribution < 1.29 is 19.2 Å². The molecule has 1 aliphatic carbocycles. The highest BCUT2D eigenvalue weighted by molar-refractivity contribution is 6.45. The predicted octanol–water partition coefficient (Wildman–Crippen LogP) is 1.98. The highest BCUT2D eigenvalue weighted by atomic mass is 16.2. The van der Waals surface area contributed by atoms with E-state index in [0.29, 0.717) is 18.5 Å². The Labute approximate surface area is 146 Å². The lowest BCUT2D eigenvalue weighted by Gasteiger charge is -2.20. The van der Waals surface area contributed by atoms with Crippen molar-refractivity contribution in [3.05, 3.63) is 29.3 Å². The molecule has 1 heterocycles. The first-order valence-corrected chi connectivity index (χ1v) is 8.44. The molecule has 0 spiro atoms. The highest BCUT2D eigenvalue weighted by Gasteiger charge is 2.48. The Morgan fingerprint density at radius 2 is 1.76 bits per heavy atom. The van der Waals surface area contributed by atoms with Gasteiger partial charge in [0.15, 0.2) is 0 Å². The molecule has 2 fully saturated rings. The summed E-state index contributed by atoms with van der Waals surface area (Å²) < 4.78 is 0. The van der Waals surface area contributed by atoms with Crippen LogP contribution in [0.1, 0.15) is 36.8 Å². The first-order chi connectivity index (χ1) is 11.9. The Morgan fingerprint density at radius 1 is 1.08 bits per heavy atom. The Kier molecular flexibility index (Phi) is 4.57. The molecule has 1 saturated carbocycles. The largest absolute Gasteiger partial charge is 0.334 e. The molecular weight excluding hydrogens is 322 g/mol. The lowest BCUT2D eigenvalue weighted by molar-refractivity contribution is -0.144. The fraction of sp³-hybridized carbons (Fsp3) is 0.444. The molecule has 0 aromatic heterocycles. The van der Waals surface area contributed by atoms with Crippen molar-refractivity contribution >= 4 is 29.4 Å². The third-order valence-corrected chi connectivity index (χ3v) is 4.87. The van der Waals surface area contributed by atoms with Crippen LogP contribution >= 0.6 is 0 Å². The highest BCUT2D eigenvalue weighted by Crippen LogP contribution is 2.27. The Hall–Kier alpha value is -2.70. The van der Waals surface area contributed by atoms with E-state index in [-0.39, 0.29) is 6.04 Å². The molecule has 0 bridgehead atoms. The molecule has 1 aliphatic heterocycles. The monoisotopic (exact) mass is 343 g/mol. The zero-order valence-electron chi connectivity index (χ0n) is 14.4. The van der Waals surface area contributed by atoms with Crippen molar-refractivity contribution in [2.75, 3.05) is 11.9 Å². The number of imide groups is 2. The first kappa shape index (κ1) is 17.1. The van der Waals surface area contributed by atoms with Crippen molar-refractivity contribution in [1.29, 1.82) is 0 Å². The van der Waals surface area contributed by atoms with Gasteiger partial charge in [0.1, 0.15) is 6.54 Å². The van der Waals surface area contributed by atoms with E-state index in [1.165, 1.54) is 0 Å². The van der Waals surface area contributed by atoms with Crippen LogP contribution in [0.2, 0.25) is 0 Å². The zero-order chi connectivity index (χ0) is 18.1. The average molecular weight is 343 g/mol. The third-order valence-electron chi connectivity index (χ3n) is 4.87. The second-order valence-electron chi connectivity index (χ2n) is 6.63. The molecule has 3 rings (SSSR count). The number of carbonyl (C=O) groups excluding carboxylic acids is 4. The standard InChI is InChI=1S/C18H21N3O4/c1-11-7-8-13(9-12(11)2)19-15(22)10-20-16(23)17(24)21(18(20)25)14-5-3-4-6-14/h7-9,14H,3-6,10H2,1-2H3,(H,19,22). The number of rotatable bonds is 4. The minimum atomic E-state index is -0.924. The molecule has 0 atom stereocenters. The van der Waals surface area contributed by atoms with Crippen molar-refractivity contribution in [2.24, 2.45) is 0 Å². The van der Waals surface area contributed by atoms with Crippen molar-refractivity contribution in [1.82, 2.24) is 9.80 Å². The molecule has 1 aromatic carbocycles. The molecular formula is C18H21N3O4. The van der Waals surface area contributed by atoms with Crippen LogP contribution in [-0.4, -0.2) is 46.1 Å². The van der Waals surface area contributed by atoms with Crippen LogP contribution in [-0.2, 0) is 14.4 Å². The number of nitrogens with zero attached hydrogens (tertiary/aromatic N) is 2. The van der Waals surface area contributed by atoms with Crippen LogP contribution in [0.15, 0.2) is 18.2 Å². The van der Waals surface area contributed by atoms with Gasteiger partial charge in [-0.25, -0.2) is 9.69 Å². The predicted molar refractivity (Wildman–Crippen MR) is 90.8 cm³/mol. The zero-order valence-corrected chi connectivity index (χ0v) is 14.4. The molecule has 5 amide bonds. The van der Waals surface area contributed by atoms with Gasteiger partial charge in [0.05, 0.1) is 0 Å². The Morgan fingerprint density at radius 3 is 2.40 bits per heavy atom. The van der Waals surface area contributed by atoms with Gasteiger partial charge in [-0.1, -0.05) is 18.9 Å². The summed E-state index contributed by atoms with van der Waals surface area (Å²) in [6, 6.07) is 4.54. The van der Waals surface area contributed by atoms with Gasteiger partial charge in [0.25, 0.3) is 0 Å². The van der Waals surface area contributed by atoms with Crippen molar-refractivity contribution in [3.63, 3.8) is 0 Å². The molecule has 0 unspecified atom stereocenters. The minimum Gasteiger partial charge on any atom is -0.325 e. The summed E-state index contributed by atoms with van der Waals surface area (Å²) in [7, 11) is 0. The van der Waals surface area contributed by atoms with E-state index in [1.54, 1.807) is 6.07 Å². The summed E-state index contributed by atoms with van der Waals surface area (Å²) in [6.45, 7) is 3.43. The van der Waals surface area contributed by atoms with Gasteiger partial charge in [0, 0.05) is 11.7 Å². The molecule has 132 valence electrons. The van der Waals surface area contributed by atoms with Crippen LogP contribution in [0.25, 0.3) is 0 Å². The van der Waals surface area contributed by atoms with Crippen LogP contribution in [0.3, 0.4) is 0 Å². The number of benzene rings is 1. The number of hydrogen-bond acceptors (Lipinski definition) is 4. The fourth-order valence-corrected chi connectivity index (χ4v) is 3.31. The summed E-state index contributed by atoms with van der Waals surface area (Å²) in [4.78, 5) is 50.6. The summed E-state index contributed by atoms with van der Waals surface area (Å²) in [6.07, 6.45) is 3.30. The molecule has 7 heteroatoms. The number of hydrogen-bond donors (Lipinski definition) is 1. The van der Waals surface area contributed by atoms with E-state index < -0.39 is 30.3 Å². The maximum atomic E-state index is 12.4. The van der Waals surface area contributed by atoms with Crippen molar-refractivity contribution in [3.8, 4) is 0 Å². The number of aryl methyl sites for hydroxylation is 2. The summed E-state index contributed by atoms with van der Waals surface area (Å²) >= 11 is 0. The normalized spacial score (nSPS) is 18.4. The van der Waals surface area contributed by atoms with Gasteiger partial charge < -0.3 is 5.32 Å². The van der Waals surface area contributed by atoms with E-state index in [0.717, 1.165) is 33.8 Å².